The molecule has 1 aromatic rings. The zero-order valence-corrected chi connectivity index (χ0v) is 9.52. The predicted octanol–water partition coefficient (Wildman–Crippen LogP) is 2.49. The van der Waals surface area contributed by atoms with E-state index in [0.717, 1.165) is 17.1 Å². The van der Waals surface area contributed by atoms with Gasteiger partial charge in [-0.3, -0.25) is 4.79 Å². The maximum absolute atomic E-state index is 10.6. The largest absolute Gasteiger partial charge is 0.481 e. The summed E-state index contributed by atoms with van der Waals surface area (Å²) in [7, 11) is 0. The molecule has 4 heteroatoms. The Morgan fingerprint density at radius 3 is 2.71 bits per heavy atom. The Hall–Kier alpha value is -0.900. The van der Waals surface area contributed by atoms with Crippen LogP contribution in [0, 0.1) is 12.3 Å². The Morgan fingerprint density at radius 2 is 2.29 bits per heavy atom. The van der Waals surface area contributed by atoms with Gasteiger partial charge < -0.3 is 5.11 Å². The van der Waals surface area contributed by atoms with Gasteiger partial charge in [-0.2, -0.15) is 0 Å². The van der Waals surface area contributed by atoms with Crippen molar-refractivity contribution < 1.29 is 9.90 Å². The Morgan fingerprint density at radius 1 is 1.64 bits per heavy atom. The number of rotatable bonds is 4. The number of carbonyl (C=O) groups is 1. The average molecular weight is 213 g/mol. The molecule has 0 saturated heterocycles. The lowest BCUT2D eigenvalue weighted by molar-refractivity contribution is -0.139. The fourth-order valence-corrected chi connectivity index (χ4v) is 2.06. The molecule has 1 aromatic heterocycles. The zero-order chi connectivity index (χ0) is 10.8. The van der Waals surface area contributed by atoms with Crippen LogP contribution in [-0.2, 0) is 11.2 Å². The van der Waals surface area contributed by atoms with Crippen molar-refractivity contribution in [3.05, 3.63) is 16.1 Å². The third-order valence-electron chi connectivity index (χ3n) is 1.96. The van der Waals surface area contributed by atoms with Gasteiger partial charge in [0.15, 0.2) is 0 Å². The van der Waals surface area contributed by atoms with E-state index < -0.39 is 5.97 Å². The Kier molecular flexibility index (Phi) is 3.26. The van der Waals surface area contributed by atoms with Gasteiger partial charge in [0.1, 0.15) is 0 Å². The third kappa shape index (κ3) is 3.46. The molecule has 1 heterocycles. The van der Waals surface area contributed by atoms with E-state index in [-0.39, 0.29) is 11.8 Å². The summed E-state index contributed by atoms with van der Waals surface area (Å²) in [6.45, 7) is 5.87. The van der Waals surface area contributed by atoms with Crippen LogP contribution in [0.25, 0.3) is 0 Å². The first-order valence-corrected chi connectivity index (χ1v) is 5.40. The molecule has 0 aliphatic carbocycles. The molecule has 0 unspecified atom stereocenters. The number of hydrogen-bond acceptors (Lipinski definition) is 3. The minimum absolute atomic E-state index is 0.184. The minimum Gasteiger partial charge on any atom is -0.481 e. The highest BCUT2D eigenvalue weighted by Gasteiger charge is 2.23. The van der Waals surface area contributed by atoms with Crippen molar-refractivity contribution in [3.63, 3.8) is 0 Å². The van der Waals surface area contributed by atoms with Crippen LogP contribution < -0.4 is 0 Å². The molecule has 0 spiro atoms. The van der Waals surface area contributed by atoms with Crippen molar-refractivity contribution in [1.29, 1.82) is 0 Å². The van der Waals surface area contributed by atoms with Gasteiger partial charge in [0.25, 0.3) is 0 Å². The molecule has 0 bridgehead atoms. The second kappa shape index (κ2) is 4.09. The van der Waals surface area contributed by atoms with Gasteiger partial charge in [-0.15, -0.1) is 11.3 Å². The molecule has 1 rings (SSSR count). The van der Waals surface area contributed by atoms with Crippen molar-refractivity contribution in [2.24, 2.45) is 5.41 Å². The lowest BCUT2D eigenvalue weighted by atomic mass is 9.85. The normalized spacial score (nSPS) is 11.6. The van der Waals surface area contributed by atoms with Crippen molar-refractivity contribution in [1.82, 2.24) is 4.98 Å². The molecule has 0 saturated carbocycles. The molecule has 3 nitrogen and oxygen atoms in total. The van der Waals surface area contributed by atoms with Crippen LogP contribution in [0.2, 0.25) is 0 Å². The number of aryl methyl sites for hydroxylation is 1. The zero-order valence-electron chi connectivity index (χ0n) is 8.70. The van der Waals surface area contributed by atoms with Gasteiger partial charge >= 0.3 is 5.97 Å². The molecule has 0 aliphatic rings. The maximum Gasteiger partial charge on any atom is 0.303 e. The van der Waals surface area contributed by atoms with Crippen LogP contribution in [0.4, 0.5) is 0 Å². The number of thiazole rings is 1. The van der Waals surface area contributed by atoms with Crippen molar-refractivity contribution in [2.45, 2.75) is 33.6 Å². The smallest absolute Gasteiger partial charge is 0.303 e. The summed E-state index contributed by atoms with van der Waals surface area (Å²) in [5, 5.41) is 11.7. The minimum atomic E-state index is -0.748. The molecule has 0 fully saturated rings. The Bertz CT molecular complexity index is 331. The Balaban J connectivity index is 2.63. The number of carboxylic acid groups (broad SMARTS) is 1. The lowest BCUT2D eigenvalue weighted by Crippen LogP contribution is -2.19. The summed E-state index contributed by atoms with van der Waals surface area (Å²) in [5.74, 6) is -0.748. The highest BCUT2D eigenvalue weighted by molar-refractivity contribution is 7.09. The second-order valence-electron chi connectivity index (χ2n) is 4.27. The van der Waals surface area contributed by atoms with Crippen LogP contribution in [0.1, 0.15) is 31.0 Å². The van der Waals surface area contributed by atoms with Gasteiger partial charge in [0.05, 0.1) is 17.1 Å². The molecule has 0 radical (unpaired) electrons. The first-order chi connectivity index (χ1) is 6.39. The van der Waals surface area contributed by atoms with Gasteiger partial charge in [0.2, 0.25) is 0 Å². The van der Waals surface area contributed by atoms with Crippen molar-refractivity contribution in [2.75, 3.05) is 0 Å². The molecule has 0 atom stereocenters. The molecular weight excluding hydrogens is 198 g/mol. The summed E-state index contributed by atoms with van der Waals surface area (Å²) in [5.41, 5.74) is 0.783. The van der Waals surface area contributed by atoms with Crippen LogP contribution in [0.3, 0.4) is 0 Å². The summed E-state index contributed by atoms with van der Waals surface area (Å²) in [4.78, 5) is 14.9. The standard InChI is InChI=1S/C10H15NO2S/c1-7-11-8(6-14-7)4-10(2,3)5-9(12)13/h6H,4-5H2,1-3H3,(H,12,13). The van der Waals surface area contributed by atoms with Crippen LogP contribution in [0.5, 0.6) is 0 Å². The third-order valence-corrected chi connectivity index (χ3v) is 2.78. The molecule has 78 valence electrons. The van der Waals surface area contributed by atoms with E-state index in [1.165, 1.54) is 0 Å². The quantitative estimate of drug-likeness (QED) is 0.836. The van der Waals surface area contributed by atoms with E-state index in [9.17, 15) is 4.79 Å². The summed E-state index contributed by atoms with van der Waals surface area (Å²) < 4.78 is 0. The van der Waals surface area contributed by atoms with E-state index in [0.29, 0.717) is 0 Å². The Labute approximate surface area is 87.8 Å². The molecule has 0 aliphatic heterocycles. The SMILES string of the molecule is Cc1nc(CC(C)(C)CC(=O)O)cs1. The van der Waals surface area contributed by atoms with E-state index in [1.807, 2.05) is 26.2 Å². The van der Waals surface area contributed by atoms with Gasteiger partial charge in [-0.05, 0) is 18.8 Å². The molecule has 14 heavy (non-hydrogen) atoms. The first kappa shape index (κ1) is 11.2. The molecule has 0 amide bonds. The van der Waals surface area contributed by atoms with E-state index in [4.69, 9.17) is 5.11 Å². The van der Waals surface area contributed by atoms with E-state index >= 15 is 0 Å². The second-order valence-corrected chi connectivity index (χ2v) is 5.33. The number of nitrogens with zero attached hydrogens (tertiary/aromatic N) is 1. The van der Waals surface area contributed by atoms with Crippen LogP contribution in [0.15, 0.2) is 5.38 Å². The summed E-state index contributed by atoms with van der Waals surface area (Å²) in [6, 6.07) is 0. The predicted molar refractivity (Wildman–Crippen MR) is 56.6 cm³/mol. The molecular formula is C10H15NO2S. The number of aliphatic carboxylic acids is 1. The highest BCUT2D eigenvalue weighted by atomic mass is 32.1. The lowest BCUT2D eigenvalue weighted by Gasteiger charge is -2.20. The van der Waals surface area contributed by atoms with Crippen molar-refractivity contribution >= 4 is 17.3 Å². The average Bonchev–Trinajstić information content (AvgIpc) is 2.30. The molecule has 1 N–H and O–H groups in total. The highest BCUT2D eigenvalue weighted by Crippen LogP contribution is 2.26. The van der Waals surface area contributed by atoms with Gasteiger partial charge in [-0.25, -0.2) is 4.98 Å². The summed E-state index contributed by atoms with van der Waals surface area (Å²) in [6.07, 6.45) is 0.910. The monoisotopic (exact) mass is 213 g/mol. The first-order valence-electron chi connectivity index (χ1n) is 4.52. The topological polar surface area (TPSA) is 50.2 Å². The fourth-order valence-electron chi connectivity index (χ4n) is 1.45. The number of carboxylic acids is 1. The van der Waals surface area contributed by atoms with Crippen LogP contribution >= 0.6 is 11.3 Å². The number of hydrogen-bond donors (Lipinski definition) is 1. The van der Waals surface area contributed by atoms with Gasteiger partial charge in [-0.1, -0.05) is 13.8 Å². The van der Waals surface area contributed by atoms with Crippen LogP contribution in [-0.4, -0.2) is 16.1 Å². The summed E-state index contributed by atoms with van der Waals surface area (Å²) >= 11 is 1.61. The maximum atomic E-state index is 10.6. The molecule has 0 aromatic carbocycles. The van der Waals surface area contributed by atoms with Gasteiger partial charge in [0, 0.05) is 5.38 Å². The van der Waals surface area contributed by atoms with E-state index in [1.54, 1.807) is 11.3 Å². The fraction of sp³-hybridized carbons (Fsp3) is 0.600. The number of aromatic nitrogens is 1. The van der Waals surface area contributed by atoms with Crippen molar-refractivity contribution in [3.8, 4) is 0 Å². The van der Waals surface area contributed by atoms with E-state index in [2.05, 4.69) is 4.98 Å².